The van der Waals surface area contributed by atoms with E-state index in [1.165, 1.54) is 11.3 Å². The average molecular weight is 394 g/mol. The first-order chi connectivity index (χ1) is 13.4. The summed E-state index contributed by atoms with van der Waals surface area (Å²) in [6.45, 7) is 3.83. The van der Waals surface area contributed by atoms with E-state index in [4.69, 9.17) is 5.11 Å². The minimum atomic E-state index is -0.865. The number of anilines is 1. The lowest BCUT2D eigenvalue weighted by Gasteiger charge is -2.34. The van der Waals surface area contributed by atoms with Crippen molar-refractivity contribution in [1.82, 2.24) is 4.98 Å². The second-order valence-corrected chi connectivity index (χ2v) is 8.06. The zero-order chi connectivity index (χ0) is 20.1. The largest absolute Gasteiger partial charge is 0.481 e. The molecule has 1 aromatic heterocycles. The molecular formula is C22H22N2O3S. The van der Waals surface area contributed by atoms with Gasteiger partial charge in [-0.25, -0.2) is 4.98 Å². The van der Waals surface area contributed by atoms with E-state index in [-0.39, 0.29) is 18.2 Å². The van der Waals surface area contributed by atoms with E-state index in [0.29, 0.717) is 5.13 Å². The number of nitrogens with zero attached hydrogens (tertiary/aromatic N) is 1. The lowest BCUT2D eigenvalue weighted by Crippen LogP contribution is -2.37. The molecule has 0 aliphatic rings. The summed E-state index contributed by atoms with van der Waals surface area (Å²) in [5, 5.41) is 14.3. The Kier molecular flexibility index (Phi) is 5.90. The maximum Gasteiger partial charge on any atom is 0.307 e. The number of hydrogen-bond acceptors (Lipinski definition) is 4. The van der Waals surface area contributed by atoms with Gasteiger partial charge >= 0.3 is 5.97 Å². The van der Waals surface area contributed by atoms with Gasteiger partial charge in [-0.05, 0) is 16.7 Å². The van der Waals surface area contributed by atoms with E-state index in [2.05, 4.69) is 10.3 Å². The van der Waals surface area contributed by atoms with Gasteiger partial charge in [-0.1, -0.05) is 68.4 Å². The van der Waals surface area contributed by atoms with Crippen LogP contribution in [0.5, 0.6) is 0 Å². The molecule has 0 spiro atoms. The van der Waals surface area contributed by atoms with Crippen molar-refractivity contribution in [2.45, 2.75) is 26.2 Å². The van der Waals surface area contributed by atoms with Gasteiger partial charge in [0.2, 0.25) is 5.91 Å². The number of carbonyl (C=O) groups is 2. The molecule has 0 saturated heterocycles. The van der Waals surface area contributed by atoms with Gasteiger partial charge in [0.25, 0.3) is 0 Å². The Labute approximate surface area is 168 Å². The second kappa shape index (κ2) is 8.35. The van der Waals surface area contributed by atoms with Crippen LogP contribution >= 0.6 is 11.3 Å². The summed E-state index contributed by atoms with van der Waals surface area (Å²) >= 11 is 1.38. The molecule has 2 aromatic carbocycles. The van der Waals surface area contributed by atoms with Gasteiger partial charge in [0, 0.05) is 17.5 Å². The van der Waals surface area contributed by atoms with E-state index in [1.54, 1.807) is 6.20 Å². The van der Waals surface area contributed by atoms with E-state index in [0.717, 1.165) is 16.7 Å². The fourth-order valence-corrected chi connectivity index (χ4v) is 3.87. The fraction of sp³-hybridized carbons (Fsp3) is 0.227. The molecule has 144 valence electrons. The minimum Gasteiger partial charge on any atom is -0.481 e. The number of amides is 1. The third-order valence-electron chi connectivity index (χ3n) is 4.76. The lowest BCUT2D eigenvalue weighted by atomic mass is 9.70. The van der Waals surface area contributed by atoms with Crippen LogP contribution in [0.1, 0.15) is 36.5 Å². The number of thiazole rings is 1. The second-order valence-electron chi connectivity index (χ2n) is 7.17. The van der Waals surface area contributed by atoms with Crippen LogP contribution in [0.25, 0.3) is 0 Å². The van der Waals surface area contributed by atoms with Crippen LogP contribution in [-0.2, 0) is 16.0 Å². The molecule has 0 bridgehead atoms. The summed E-state index contributed by atoms with van der Waals surface area (Å²) in [4.78, 5) is 28.2. The van der Waals surface area contributed by atoms with Crippen LogP contribution < -0.4 is 5.32 Å². The first-order valence-electron chi connectivity index (χ1n) is 8.94. The molecule has 1 atom stereocenters. The van der Waals surface area contributed by atoms with Crippen LogP contribution in [0.4, 0.5) is 5.13 Å². The Balaban J connectivity index is 1.97. The van der Waals surface area contributed by atoms with Gasteiger partial charge in [-0.15, -0.1) is 11.3 Å². The Bertz CT molecular complexity index is 936. The van der Waals surface area contributed by atoms with Gasteiger partial charge in [0.05, 0.1) is 11.8 Å². The highest BCUT2D eigenvalue weighted by Crippen LogP contribution is 2.42. The maximum absolute atomic E-state index is 13.1. The van der Waals surface area contributed by atoms with Crippen molar-refractivity contribution in [2.75, 3.05) is 5.32 Å². The van der Waals surface area contributed by atoms with Crippen molar-refractivity contribution in [3.8, 4) is 0 Å². The van der Waals surface area contributed by atoms with Crippen molar-refractivity contribution < 1.29 is 14.7 Å². The lowest BCUT2D eigenvalue weighted by molar-refractivity contribution is -0.136. The highest BCUT2D eigenvalue weighted by Gasteiger charge is 2.39. The Morgan fingerprint density at radius 2 is 1.71 bits per heavy atom. The molecule has 1 amide bonds. The third-order valence-corrected chi connectivity index (χ3v) is 5.45. The highest BCUT2D eigenvalue weighted by atomic mass is 32.1. The molecule has 0 radical (unpaired) electrons. The van der Waals surface area contributed by atoms with Gasteiger partial charge in [0.1, 0.15) is 0 Å². The molecule has 0 aliphatic carbocycles. The first-order valence-corrected chi connectivity index (χ1v) is 9.82. The van der Waals surface area contributed by atoms with Crippen molar-refractivity contribution >= 4 is 28.3 Å². The molecule has 2 N–H and O–H groups in total. The molecule has 0 saturated carbocycles. The number of carboxylic acid groups (broad SMARTS) is 1. The van der Waals surface area contributed by atoms with Crippen molar-refractivity contribution in [3.05, 3.63) is 82.9 Å². The summed E-state index contributed by atoms with van der Waals surface area (Å²) in [6.07, 6.45) is 1.63. The van der Waals surface area contributed by atoms with Crippen LogP contribution in [0.2, 0.25) is 0 Å². The van der Waals surface area contributed by atoms with Crippen molar-refractivity contribution in [2.24, 2.45) is 5.41 Å². The summed E-state index contributed by atoms with van der Waals surface area (Å²) in [5.74, 6) is -1.19. The van der Waals surface area contributed by atoms with Gasteiger partial charge < -0.3 is 10.4 Å². The predicted octanol–water partition coefficient (Wildman–Crippen LogP) is 4.57. The maximum atomic E-state index is 13.1. The van der Waals surface area contributed by atoms with Crippen LogP contribution in [-0.4, -0.2) is 22.0 Å². The smallest absolute Gasteiger partial charge is 0.307 e. The van der Waals surface area contributed by atoms with Crippen LogP contribution in [0.15, 0.2) is 66.2 Å². The molecule has 1 heterocycles. The summed E-state index contributed by atoms with van der Waals surface area (Å²) < 4.78 is 0. The van der Waals surface area contributed by atoms with E-state index >= 15 is 0 Å². The molecule has 1 unspecified atom stereocenters. The molecule has 6 heteroatoms. The molecule has 0 aliphatic heterocycles. The number of aromatic nitrogens is 1. The number of benzene rings is 2. The first kappa shape index (κ1) is 19.8. The normalized spacial score (nSPS) is 12.4. The van der Waals surface area contributed by atoms with E-state index in [9.17, 15) is 9.59 Å². The standard InChI is InChI=1S/C22H22N2O3S/c1-22(2,20(27)24-21-23-12-13-28-21)19(16-6-4-3-5-7-16)17-10-8-15(9-11-17)14-18(25)26/h3-13,19H,14H2,1-2H3,(H,25,26)(H,23,24,27). The Morgan fingerprint density at radius 1 is 1.07 bits per heavy atom. The predicted molar refractivity (Wildman–Crippen MR) is 111 cm³/mol. The number of carboxylic acids is 1. The van der Waals surface area contributed by atoms with Gasteiger partial charge in [0.15, 0.2) is 5.13 Å². The summed E-state index contributed by atoms with van der Waals surface area (Å²) in [6, 6.07) is 17.3. The fourth-order valence-electron chi connectivity index (χ4n) is 3.35. The number of carbonyl (C=O) groups excluding carboxylic acids is 1. The quantitative estimate of drug-likeness (QED) is 0.615. The molecule has 0 fully saturated rings. The van der Waals surface area contributed by atoms with Crippen molar-refractivity contribution in [1.29, 1.82) is 0 Å². The number of rotatable bonds is 7. The zero-order valence-corrected chi connectivity index (χ0v) is 16.6. The number of hydrogen-bond donors (Lipinski definition) is 2. The highest BCUT2D eigenvalue weighted by molar-refractivity contribution is 7.13. The topological polar surface area (TPSA) is 79.3 Å². The SMILES string of the molecule is CC(C)(C(=O)Nc1nccs1)C(c1ccccc1)c1ccc(CC(=O)O)cc1. The summed E-state index contributed by atoms with van der Waals surface area (Å²) in [7, 11) is 0. The number of nitrogens with one attached hydrogen (secondary N) is 1. The minimum absolute atomic E-state index is 0.0236. The average Bonchev–Trinajstić information content (AvgIpc) is 3.17. The van der Waals surface area contributed by atoms with Crippen LogP contribution in [0, 0.1) is 5.41 Å². The van der Waals surface area contributed by atoms with Crippen LogP contribution in [0.3, 0.4) is 0 Å². The Hall–Kier alpha value is -2.99. The molecule has 28 heavy (non-hydrogen) atoms. The molecule has 3 rings (SSSR count). The van der Waals surface area contributed by atoms with Gasteiger partial charge in [-0.3, -0.25) is 9.59 Å². The van der Waals surface area contributed by atoms with E-state index in [1.807, 2.05) is 73.8 Å². The Morgan fingerprint density at radius 3 is 2.29 bits per heavy atom. The zero-order valence-electron chi connectivity index (χ0n) is 15.8. The van der Waals surface area contributed by atoms with Crippen molar-refractivity contribution in [3.63, 3.8) is 0 Å². The molecule has 5 nitrogen and oxygen atoms in total. The van der Waals surface area contributed by atoms with Gasteiger partial charge in [-0.2, -0.15) is 0 Å². The third kappa shape index (κ3) is 4.46. The molecular weight excluding hydrogens is 372 g/mol. The summed E-state index contributed by atoms with van der Waals surface area (Å²) in [5.41, 5.74) is 1.95. The van der Waals surface area contributed by atoms with E-state index < -0.39 is 11.4 Å². The monoisotopic (exact) mass is 394 g/mol. The molecule has 3 aromatic rings. The number of aliphatic carboxylic acids is 1.